The van der Waals surface area contributed by atoms with Crippen molar-refractivity contribution < 1.29 is 15.0 Å². The summed E-state index contributed by atoms with van der Waals surface area (Å²) in [6, 6.07) is 19.3. The van der Waals surface area contributed by atoms with E-state index in [0.29, 0.717) is 23.9 Å². The fraction of sp³-hybridized carbons (Fsp3) is 0.458. The van der Waals surface area contributed by atoms with Gasteiger partial charge in [-0.25, -0.2) is 0 Å². The Labute approximate surface area is 192 Å². The number of rotatable bonds is 8. The van der Waals surface area contributed by atoms with E-state index in [2.05, 4.69) is 12.1 Å². The molecule has 2 unspecified atom stereocenters. The van der Waals surface area contributed by atoms with Crippen LogP contribution in [0.4, 0.5) is 0 Å². The molecule has 2 heterocycles. The van der Waals surface area contributed by atoms with E-state index in [9.17, 15) is 15.0 Å². The van der Waals surface area contributed by atoms with Crippen LogP contribution in [0.15, 0.2) is 60.7 Å². The summed E-state index contributed by atoms with van der Waals surface area (Å²) in [7, 11) is 0. The smallest absolute Gasteiger partial charge is 0.241 e. The van der Waals surface area contributed by atoms with Crippen LogP contribution in [0.3, 0.4) is 0 Å². The molecule has 2 saturated heterocycles. The van der Waals surface area contributed by atoms with E-state index in [4.69, 9.17) is 0 Å². The lowest BCUT2D eigenvalue weighted by Crippen LogP contribution is -2.52. The van der Waals surface area contributed by atoms with Gasteiger partial charge in [-0.3, -0.25) is 9.69 Å². The number of hydrogen-bond acceptors (Lipinski definition) is 6. The lowest BCUT2D eigenvalue weighted by Gasteiger charge is -2.34. The van der Waals surface area contributed by atoms with Crippen LogP contribution in [0.25, 0.3) is 0 Å². The van der Waals surface area contributed by atoms with Gasteiger partial charge in [-0.2, -0.15) is 0 Å². The van der Waals surface area contributed by atoms with Crippen LogP contribution >= 0.6 is 23.5 Å². The lowest BCUT2D eigenvalue weighted by molar-refractivity contribution is -0.142. The molecule has 1 amide bonds. The Morgan fingerprint density at radius 3 is 2.39 bits per heavy atom. The third-order valence-corrected chi connectivity index (χ3v) is 8.13. The number of carbonyl (C=O) groups is 1. The highest BCUT2D eigenvalue weighted by Crippen LogP contribution is 2.34. The van der Waals surface area contributed by atoms with Crippen LogP contribution in [0, 0.1) is 0 Å². The van der Waals surface area contributed by atoms with Crippen molar-refractivity contribution in [2.75, 3.05) is 23.3 Å². The van der Waals surface area contributed by atoms with E-state index in [0.717, 1.165) is 24.2 Å². The zero-order valence-corrected chi connectivity index (χ0v) is 19.2. The minimum atomic E-state index is -0.696. The molecular formula is C24H30N2O3S2. The maximum atomic E-state index is 13.4. The van der Waals surface area contributed by atoms with Crippen LogP contribution in [-0.2, 0) is 11.2 Å². The molecule has 2 aliphatic rings. The lowest BCUT2D eigenvalue weighted by atomic mass is 10.0. The average Bonchev–Trinajstić information content (AvgIpc) is 3.49. The van der Waals surface area contributed by atoms with Crippen molar-refractivity contribution in [1.82, 2.24) is 9.80 Å². The van der Waals surface area contributed by atoms with Crippen LogP contribution in [-0.4, -0.2) is 67.5 Å². The fourth-order valence-electron chi connectivity index (χ4n) is 4.27. The highest BCUT2D eigenvalue weighted by atomic mass is 32.2. The van der Waals surface area contributed by atoms with Gasteiger partial charge in [0, 0.05) is 17.4 Å². The van der Waals surface area contributed by atoms with Gasteiger partial charge in [-0.15, -0.1) is 23.5 Å². The van der Waals surface area contributed by atoms with E-state index in [1.54, 1.807) is 23.5 Å². The standard InChI is InChI=1S/C24H30N2O3S2/c27-22(13-7-10-18-8-3-1-4-9-18)25-16-31-15-21(25)24(29)26-17-30-14-20(26)23(28)19-11-5-2-6-12-19/h1-6,8-9,11-12,20-23,27-28H,7,10,13-17H2/t20-,21-,22?,23?/m0/s1. The highest BCUT2D eigenvalue weighted by molar-refractivity contribution is 7.99. The molecule has 0 saturated carbocycles. The maximum Gasteiger partial charge on any atom is 0.241 e. The fourth-order valence-corrected chi connectivity index (χ4v) is 6.72. The van der Waals surface area contributed by atoms with Crippen LogP contribution in [0.2, 0.25) is 0 Å². The number of nitrogens with zero attached hydrogens (tertiary/aromatic N) is 2. The summed E-state index contributed by atoms with van der Waals surface area (Å²) in [4.78, 5) is 17.2. The summed E-state index contributed by atoms with van der Waals surface area (Å²) in [5, 5.41) is 21.7. The van der Waals surface area contributed by atoms with Crippen molar-refractivity contribution in [3.05, 3.63) is 71.8 Å². The quantitative estimate of drug-likeness (QED) is 0.633. The van der Waals surface area contributed by atoms with Gasteiger partial charge in [0.1, 0.15) is 18.4 Å². The van der Waals surface area contributed by atoms with E-state index in [-0.39, 0.29) is 18.0 Å². The molecule has 0 spiro atoms. The molecule has 7 heteroatoms. The number of aliphatic hydroxyl groups is 2. The number of amides is 1. The first-order chi connectivity index (χ1) is 15.1. The summed E-state index contributed by atoms with van der Waals surface area (Å²) in [6.07, 6.45) is 1.12. The number of hydrogen-bond donors (Lipinski definition) is 2. The van der Waals surface area contributed by atoms with Crippen molar-refractivity contribution >= 4 is 29.4 Å². The average molecular weight is 459 g/mol. The predicted molar refractivity (Wildman–Crippen MR) is 128 cm³/mol. The van der Waals surface area contributed by atoms with Crippen molar-refractivity contribution in [2.24, 2.45) is 0 Å². The molecule has 2 aromatic rings. The number of thioether (sulfide) groups is 2. The van der Waals surface area contributed by atoms with Gasteiger partial charge in [-0.05, 0) is 30.4 Å². The molecule has 2 aliphatic heterocycles. The number of benzene rings is 2. The molecule has 2 N–H and O–H groups in total. The van der Waals surface area contributed by atoms with E-state index in [1.165, 1.54) is 5.56 Å². The molecule has 0 aromatic heterocycles. The Morgan fingerprint density at radius 1 is 0.968 bits per heavy atom. The maximum absolute atomic E-state index is 13.4. The molecule has 0 radical (unpaired) electrons. The third kappa shape index (κ3) is 5.46. The summed E-state index contributed by atoms with van der Waals surface area (Å²) in [5.74, 6) is 2.69. The zero-order valence-electron chi connectivity index (χ0n) is 17.5. The Hall–Kier alpha value is -1.51. The van der Waals surface area contributed by atoms with Crippen LogP contribution < -0.4 is 0 Å². The van der Waals surface area contributed by atoms with Crippen molar-refractivity contribution in [3.8, 4) is 0 Å². The van der Waals surface area contributed by atoms with Crippen molar-refractivity contribution in [3.63, 3.8) is 0 Å². The summed E-state index contributed by atoms with van der Waals surface area (Å²) >= 11 is 3.37. The van der Waals surface area contributed by atoms with E-state index >= 15 is 0 Å². The molecule has 166 valence electrons. The second kappa shape index (κ2) is 10.9. The molecule has 0 aliphatic carbocycles. The second-order valence-corrected chi connectivity index (χ2v) is 10.1. The third-order valence-electron chi connectivity index (χ3n) is 6.06. The molecule has 31 heavy (non-hydrogen) atoms. The molecular weight excluding hydrogens is 428 g/mol. The number of aliphatic hydroxyl groups excluding tert-OH is 2. The first kappa shape index (κ1) is 22.7. The first-order valence-corrected chi connectivity index (χ1v) is 13.1. The van der Waals surface area contributed by atoms with Gasteiger partial charge in [-0.1, -0.05) is 60.7 Å². The van der Waals surface area contributed by atoms with Gasteiger partial charge in [0.25, 0.3) is 0 Å². The van der Waals surface area contributed by atoms with Crippen molar-refractivity contribution in [2.45, 2.75) is 43.7 Å². The van der Waals surface area contributed by atoms with Crippen LogP contribution in [0.5, 0.6) is 0 Å². The predicted octanol–water partition coefficient (Wildman–Crippen LogP) is 3.34. The summed E-state index contributed by atoms with van der Waals surface area (Å²) in [6.45, 7) is 0. The molecule has 4 rings (SSSR count). The van der Waals surface area contributed by atoms with Crippen molar-refractivity contribution in [1.29, 1.82) is 0 Å². The normalized spacial score (nSPS) is 23.7. The number of carbonyl (C=O) groups excluding carboxylic acids is 1. The van der Waals surface area contributed by atoms with E-state index in [1.807, 2.05) is 58.3 Å². The Bertz CT molecular complexity index is 839. The van der Waals surface area contributed by atoms with Crippen LogP contribution in [0.1, 0.15) is 30.1 Å². The molecule has 2 fully saturated rings. The summed E-state index contributed by atoms with van der Waals surface area (Å²) in [5.41, 5.74) is 2.11. The molecule has 4 atom stereocenters. The minimum absolute atomic E-state index is 0.0251. The first-order valence-electron chi connectivity index (χ1n) is 10.8. The van der Waals surface area contributed by atoms with Gasteiger partial charge >= 0.3 is 0 Å². The monoisotopic (exact) mass is 458 g/mol. The Kier molecular flexibility index (Phi) is 7.96. The zero-order chi connectivity index (χ0) is 21.6. The van der Waals surface area contributed by atoms with Gasteiger partial charge in [0.15, 0.2) is 0 Å². The Balaban J connectivity index is 1.36. The van der Waals surface area contributed by atoms with Gasteiger partial charge in [0.2, 0.25) is 5.91 Å². The van der Waals surface area contributed by atoms with Gasteiger partial charge < -0.3 is 15.1 Å². The largest absolute Gasteiger partial charge is 0.386 e. The number of aryl methyl sites for hydroxylation is 1. The molecule has 0 bridgehead atoms. The molecule has 5 nitrogen and oxygen atoms in total. The van der Waals surface area contributed by atoms with Gasteiger partial charge in [0.05, 0.1) is 11.9 Å². The second-order valence-electron chi connectivity index (χ2n) is 8.12. The van der Waals surface area contributed by atoms with E-state index < -0.39 is 12.3 Å². The molecule has 2 aromatic carbocycles. The topological polar surface area (TPSA) is 64.0 Å². The SMILES string of the molecule is O=C([C@@H]1CSCN1C(O)CCCc1ccccc1)N1CSC[C@H]1C(O)c1ccccc1. The minimum Gasteiger partial charge on any atom is -0.386 e. The Morgan fingerprint density at radius 2 is 1.65 bits per heavy atom. The summed E-state index contributed by atoms with van der Waals surface area (Å²) < 4.78 is 0. The highest BCUT2D eigenvalue weighted by Gasteiger charge is 2.42.